The normalized spacial score (nSPS) is 19.4. The molecule has 1 aliphatic rings. The topological polar surface area (TPSA) is 52.6 Å². The van der Waals surface area contributed by atoms with Crippen LogP contribution in [0, 0.1) is 0 Å². The molecule has 1 heterocycles. The molecule has 0 bridgehead atoms. The van der Waals surface area contributed by atoms with E-state index in [9.17, 15) is 9.36 Å². The largest absolute Gasteiger partial charge is 0.401 e. The van der Waals surface area contributed by atoms with E-state index in [1.807, 2.05) is 0 Å². The average molecular weight is 212 g/mol. The Morgan fingerprint density at radius 1 is 1.14 bits per heavy atom. The molecule has 0 aromatic heterocycles. The Morgan fingerprint density at radius 3 is 2.29 bits per heavy atom. The van der Waals surface area contributed by atoms with E-state index in [0.29, 0.717) is 5.56 Å². The summed E-state index contributed by atoms with van der Waals surface area (Å²) in [5.41, 5.74) is -0.201. The van der Waals surface area contributed by atoms with Crippen LogP contribution in [-0.2, 0) is 13.6 Å². The van der Waals surface area contributed by atoms with Gasteiger partial charge in [-0.15, -0.1) is 0 Å². The Labute approximate surface area is 81.4 Å². The second-order valence-corrected chi connectivity index (χ2v) is 4.75. The van der Waals surface area contributed by atoms with Crippen molar-refractivity contribution in [2.24, 2.45) is 0 Å². The highest BCUT2D eigenvalue weighted by atomic mass is 31.2. The molecule has 0 saturated carbocycles. The molecule has 5 heteroatoms. The van der Waals surface area contributed by atoms with Crippen molar-refractivity contribution in [3.8, 4) is 0 Å². The van der Waals surface area contributed by atoms with Crippen molar-refractivity contribution >= 4 is 13.1 Å². The minimum atomic E-state index is -3.52. The van der Waals surface area contributed by atoms with Crippen molar-refractivity contribution in [2.75, 3.05) is 13.2 Å². The summed E-state index contributed by atoms with van der Waals surface area (Å²) in [5, 5.41) is 0. The maximum Gasteiger partial charge on any atom is 0.401 e. The van der Waals surface area contributed by atoms with Crippen molar-refractivity contribution in [3.05, 3.63) is 35.9 Å². The minimum Gasteiger partial charge on any atom is -0.300 e. The average Bonchev–Trinajstić information content (AvgIpc) is 2.67. The van der Waals surface area contributed by atoms with Crippen molar-refractivity contribution in [2.45, 2.75) is 0 Å². The van der Waals surface area contributed by atoms with Gasteiger partial charge in [-0.1, -0.05) is 30.3 Å². The lowest BCUT2D eigenvalue weighted by Crippen LogP contribution is -2.00. The molecule has 0 N–H and O–H groups in total. The predicted molar refractivity (Wildman–Crippen MR) is 50.3 cm³/mol. The quantitative estimate of drug-likeness (QED) is 0.704. The van der Waals surface area contributed by atoms with Gasteiger partial charge in [0.25, 0.3) is 5.52 Å². The maximum absolute atomic E-state index is 11.7. The monoisotopic (exact) mass is 212 g/mol. The Hall–Kier alpha value is -0.960. The molecule has 74 valence electrons. The van der Waals surface area contributed by atoms with Crippen molar-refractivity contribution in [1.82, 2.24) is 0 Å². The first-order valence-electron chi connectivity index (χ1n) is 4.21. The molecule has 0 aliphatic carbocycles. The van der Waals surface area contributed by atoms with Gasteiger partial charge in [-0.2, -0.15) is 0 Å². The highest BCUT2D eigenvalue weighted by Gasteiger charge is 2.39. The lowest BCUT2D eigenvalue weighted by atomic mass is 10.2. The highest BCUT2D eigenvalue weighted by molar-refractivity contribution is 7.72. The number of hydrogen-bond donors (Lipinski definition) is 0. The first kappa shape index (κ1) is 9.59. The van der Waals surface area contributed by atoms with Crippen molar-refractivity contribution < 1.29 is 18.4 Å². The zero-order valence-electron chi connectivity index (χ0n) is 7.38. The molecule has 0 spiro atoms. The van der Waals surface area contributed by atoms with Crippen LogP contribution >= 0.6 is 7.60 Å². The van der Waals surface area contributed by atoms with Crippen molar-refractivity contribution in [3.63, 3.8) is 0 Å². The standard InChI is InChI=1S/C9H9O4P/c10-9(8-4-2-1-3-5-8)14(11)12-6-7-13-14/h1-5H,6-7H2. The van der Waals surface area contributed by atoms with E-state index < -0.39 is 13.1 Å². The highest BCUT2D eigenvalue weighted by Crippen LogP contribution is 2.54. The third-order valence-electron chi connectivity index (χ3n) is 1.88. The van der Waals surface area contributed by atoms with E-state index in [-0.39, 0.29) is 13.2 Å². The van der Waals surface area contributed by atoms with E-state index in [2.05, 4.69) is 0 Å². The zero-order chi connectivity index (χ0) is 10.0. The fraction of sp³-hybridized carbons (Fsp3) is 0.222. The molecule has 1 saturated heterocycles. The molecular weight excluding hydrogens is 203 g/mol. The maximum atomic E-state index is 11.7. The van der Waals surface area contributed by atoms with E-state index in [1.54, 1.807) is 30.3 Å². The van der Waals surface area contributed by atoms with Gasteiger partial charge in [-0.05, 0) is 0 Å². The Bertz CT molecular complexity index is 377. The molecule has 0 amide bonds. The number of rotatable bonds is 2. The van der Waals surface area contributed by atoms with Crippen molar-refractivity contribution in [1.29, 1.82) is 0 Å². The van der Waals surface area contributed by atoms with E-state index in [0.717, 1.165) is 0 Å². The second kappa shape index (κ2) is 3.65. The molecule has 0 atom stereocenters. The van der Waals surface area contributed by atoms with Gasteiger partial charge in [0, 0.05) is 5.56 Å². The summed E-state index contributed by atoms with van der Waals surface area (Å²) in [7, 11) is -3.52. The fourth-order valence-corrected chi connectivity index (χ4v) is 2.61. The first-order valence-corrected chi connectivity index (χ1v) is 5.76. The Balaban J connectivity index is 2.29. The summed E-state index contributed by atoms with van der Waals surface area (Å²) in [6.07, 6.45) is 0. The summed E-state index contributed by atoms with van der Waals surface area (Å²) in [5.74, 6) is 0. The summed E-state index contributed by atoms with van der Waals surface area (Å²) in [6, 6.07) is 8.37. The summed E-state index contributed by atoms with van der Waals surface area (Å²) < 4.78 is 21.4. The van der Waals surface area contributed by atoms with Gasteiger partial charge in [0.05, 0.1) is 13.2 Å². The van der Waals surface area contributed by atoms with Crippen LogP contribution in [0.4, 0.5) is 0 Å². The van der Waals surface area contributed by atoms with Crippen LogP contribution in [-0.4, -0.2) is 18.7 Å². The van der Waals surface area contributed by atoms with Crippen LogP contribution in [0.3, 0.4) is 0 Å². The molecular formula is C9H9O4P. The molecule has 1 fully saturated rings. The lowest BCUT2D eigenvalue weighted by molar-refractivity contribution is 0.104. The van der Waals surface area contributed by atoms with Crippen LogP contribution in [0.1, 0.15) is 10.4 Å². The van der Waals surface area contributed by atoms with Gasteiger partial charge in [0.2, 0.25) is 0 Å². The summed E-state index contributed by atoms with van der Waals surface area (Å²) in [6.45, 7) is 0.436. The number of carbonyl (C=O) groups excluding carboxylic acids is 1. The van der Waals surface area contributed by atoms with Gasteiger partial charge in [-0.25, -0.2) is 0 Å². The van der Waals surface area contributed by atoms with Crippen LogP contribution in [0.25, 0.3) is 0 Å². The molecule has 1 aromatic rings. The molecule has 1 aliphatic heterocycles. The molecule has 4 nitrogen and oxygen atoms in total. The molecule has 2 rings (SSSR count). The zero-order valence-corrected chi connectivity index (χ0v) is 8.28. The minimum absolute atomic E-state index is 0.218. The summed E-state index contributed by atoms with van der Waals surface area (Å²) >= 11 is 0. The van der Waals surface area contributed by atoms with E-state index >= 15 is 0 Å². The lowest BCUT2D eigenvalue weighted by Gasteiger charge is -2.06. The molecule has 0 radical (unpaired) electrons. The van der Waals surface area contributed by atoms with E-state index in [1.165, 1.54) is 0 Å². The predicted octanol–water partition coefficient (Wildman–Crippen LogP) is 2.07. The van der Waals surface area contributed by atoms with Gasteiger partial charge in [0.1, 0.15) is 0 Å². The van der Waals surface area contributed by atoms with Gasteiger partial charge >= 0.3 is 7.60 Å². The Morgan fingerprint density at radius 2 is 1.71 bits per heavy atom. The number of hydrogen-bond acceptors (Lipinski definition) is 4. The van der Waals surface area contributed by atoms with Crippen LogP contribution < -0.4 is 0 Å². The molecule has 14 heavy (non-hydrogen) atoms. The van der Waals surface area contributed by atoms with Crippen LogP contribution in [0.5, 0.6) is 0 Å². The van der Waals surface area contributed by atoms with E-state index in [4.69, 9.17) is 9.05 Å². The first-order chi connectivity index (χ1) is 6.72. The molecule has 1 aromatic carbocycles. The fourth-order valence-electron chi connectivity index (χ4n) is 1.21. The van der Waals surface area contributed by atoms with Gasteiger partial charge < -0.3 is 9.05 Å². The van der Waals surface area contributed by atoms with Crippen LogP contribution in [0.2, 0.25) is 0 Å². The Kier molecular flexibility index (Phi) is 2.50. The van der Waals surface area contributed by atoms with Crippen LogP contribution in [0.15, 0.2) is 30.3 Å². The van der Waals surface area contributed by atoms with Gasteiger partial charge in [-0.3, -0.25) is 9.36 Å². The number of benzene rings is 1. The summed E-state index contributed by atoms with van der Waals surface area (Å²) in [4.78, 5) is 11.7. The SMILES string of the molecule is O=C(c1ccccc1)P1(=O)OCCO1. The third-order valence-corrected chi connectivity index (χ3v) is 3.68. The third kappa shape index (κ3) is 1.64. The smallest absolute Gasteiger partial charge is 0.300 e. The molecule has 0 unspecified atom stereocenters. The second-order valence-electron chi connectivity index (χ2n) is 2.84. The van der Waals surface area contributed by atoms with Gasteiger partial charge in [0.15, 0.2) is 0 Å². The number of carbonyl (C=O) groups is 1.